The predicted molar refractivity (Wildman–Crippen MR) is 102 cm³/mol. The van der Waals surface area contributed by atoms with E-state index in [-0.39, 0.29) is 16.4 Å². The van der Waals surface area contributed by atoms with E-state index < -0.39 is 11.7 Å². The molecule has 26 heavy (non-hydrogen) atoms. The molecule has 0 bridgehead atoms. The first-order valence-corrected chi connectivity index (χ1v) is 8.65. The average Bonchev–Trinajstić information content (AvgIpc) is 2.87. The largest absolute Gasteiger partial charge is 0.319 e. The number of halogens is 3. The number of nitrogens with one attached hydrogen (secondary N) is 1. The minimum Gasteiger partial charge on any atom is -0.319 e. The second kappa shape index (κ2) is 7.48. The third kappa shape index (κ3) is 3.89. The SMILES string of the molecule is Cc1ccc(Cn2nc(C)c(C(=O)Nc3cc(Cl)ccc3F)c2Cl)cc1. The summed E-state index contributed by atoms with van der Waals surface area (Å²) in [5.41, 5.74) is 2.82. The molecule has 2 aromatic carbocycles. The van der Waals surface area contributed by atoms with E-state index in [0.29, 0.717) is 17.3 Å². The van der Waals surface area contributed by atoms with Crippen molar-refractivity contribution in [1.82, 2.24) is 9.78 Å². The Bertz CT molecular complexity index is 968. The smallest absolute Gasteiger partial charge is 0.260 e. The summed E-state index contributed by atoms with van der Waals surface area (Å²) in [4.78, 5) is 12.6. The zero-order chi connectivity index (χ0) is 18.8. The third-order valence-corrected chi connectivity index (χ3v) is 4.54. The highest BCUT2D eigenvalue weighted by Crippen LogP contribution is 2.24. The number of nitrogens with zero attached hydrogens (tertiary/aromatic N) is 2. The fourth-order valence-electron chi connectivity index (χ4n) is 2.56. The topological polar surface area (TPSA) is 46.9 Å². The van der Waals surface area contributed by atoms with Gasteiger partial charge in [-0.1, -0.05) is 53.0 Å². The van der Waals surface area contributed by atoms with Crippen LogP contribution in [0.3, 0.4) is 0 Å². The summed E-state index contributed by atoms with van der Waals surface area (Å²) in [6.45, 7) is 4.12. The number of carbonyl (C=O) groups excluding carboxylic acids is 1. The number of carbonyl (C=O) groups is 1. The maximum absolute atomic E-state index is 13.8. The van der Waals surface area contributed by atoms with E-state index in [1.54, 1.807) is 11.6 Å². The van der Waals surface area contributed by atoms with Gasteiger partial charge in [0.2, 0.25) is 0 Å². The molecule has 1 aromatic heterocycles. The van der Waals surface area contributed by atoms with Crippen LogP contribution in [-0.4, -0.2) is 15.7 Å². The van der Waals surface area contributed by atoms with Crippen molar-refractivity contribution in [1.29, 1.82) is 0 Å². The van der Waals surface area contributed by atoms with Crippen LogP contribution in [-0.2, 0) is 6.54 Å². The van der Waals surface area contributed by atoms with Crippen molar-refractivity contribution in [2.24, 2.45) is 0 Å². The molecular weight excluding hydrogens is 376 g/mol. The Kier molecular flexibility index (Phi) is 5.30. The number of aromatic nitrogens is 2. The number of benzene rings is 2. The molecule has 0 unspecified atom stereocenters. The fraction of sp³-hybridized carbons (Fsp3) is 0.158. The number of amides is 1. The summed E-state index contributed by atoms with van der Waals surface area (Å²) in [6.07, 6.45) is 0. The van der Waals surface area contributed by atoms with E-state index in [1.807, 2.05) is 31.2 Å². The summed E-state index contributed by atoms with van der Waals surface area (Å²) in [7, 11) is 0. The van der Waals surface area contributed by atoms with Gasteiger partial charge >= 0.3 is 0 Å². The molecular formula is C19H16Cl2FN3O. The van der Waals surface area contributed by atoms with Crippen molar-refractivity contribution in [2.45, 2.75) is 20.4 Å². The van der Waals surface area contributed by atoms with Crippen molar-refractivity contribution in [3.63, 3.8) is 0 Å². The number of aryl methyl sites for hydroxylation is 2. The van der Waals surface area contributed by atoms with E-state index >= 15 is 0 Å². The van der Waals surface area contributed by atoms with Crippen molar-refractivity contribution in [3.8, 4) is 0 Å². The van der Waals surface area contributed by atoms with Crippen molar-refractivity contribution in [3.05, 3.63) is 80.8 Å². The molecule has 0 fully saturated rings. The molecule has 0 saturated heterocycles. The lowest BCUT2D eigenvalue weighted by Gasteiger charge is -2.07. The van der Waals surface area contributed by atoms with Crippen LogP contribution in [0.2, 0.25) is 10.2 Å². The van der Waals surface area contributed by atoms with E-state index in [9.17, 15) is 9.18 Å². The summed E-state index contributed by atoms with van der Waals surface area (Å²) in [5, 5.41) is 7.35. The molecule has 1 amide bonds. The fourth-order valence-corrected chi connectivity index (χ4v) is 3.05. The monoisotopic (exact) mass is 391 g/mol. The zero-order valence-electron chi connectivity index (χ0n) is 14.2. The highest BCUT2D eigenvalue weighted by atomic mass is 35.5. The van der Waals surface area contributed by atoms with E-state index in [0.717, 1.165) is 11.1 Å². The molecule has 0 aliphatic carbocycles. The molecule has 7 heteroatoms. The second-order valence-corrected chi connectivity index (χ2v) is 6.77. The van der Waals surface area contributed by atoms with Crippen LogP contribution in [0.25, 0.3) is 0 Å². The predicted octanol–water partition coefficient (Wildman–Crippen LogP) is 5.25. The van der Waals surface area contributed by atoms with Gasteiger partial charge in [-0.25, -0.2) is 9.07 Å². The first-order chi connectivity index (χ1) is 12.3. The van der Waals surface area contributed by atoms with Gasteiger partial charge < -0.3 is 5.32 Å². The average molecular weight is 392 g/mol. The Morgan fingerprint density at radius 2 is 1.85 bits per heavy atom. The molecule has 3 rings (SSSR count). The van der Waals surface area contributed by atoms with Gasteiger partial charge in [0.05, 0.1) is 23.5 Å². The molecule has 134 valence electrons. The number of hydrogen-bond donors (Lipinski definition) is 1. The molecule has 0 atom stereocenters. The quantitative estimate of drug-likeness (QED) is 0.660. The van der Waals surface area contributed by atoms with Crippen LogP contribution in [0.4, 0.5) is 10.1 Å². The first kappa shape index (κ1) is 18.4. The summed E-state index contributed by atoms with van der Waals surface area (Å²) in [5.74, 6) is -1.12. The van der Waals surface area contributed by atoms with Gasteiger partial charge in [-0.05, 0) is 37.6 Å². The van der Waals surface area contributed by atoms with Gasteiger partial charge in [0.15, 0.2) is 0 Å². The normalized spacial score (nSPS) is 10.8. The maximum Gasteiger partial charge on any atom is 0.260 e. The minimum atomic E-state index is -0.580. The summed E-state index contributed by atoms with van der Waals surface area (Å²) in [6, 6.07) is 11.9. The van der Waals surface area contributed by atoms with Gasteiger partial charge in [-0.2, -0.15) is 5.10 Å². The standard InChI is InChI=1S/C19H16Cl2FN3O/c1-11-3-5-13(6-4-11)10-25-18(21)17(12(2)24-25)19(26)23-16-9-14(20)7-8-15(16)22/h3-9H,10H2,1-2H3,(H,23,26). The van der Waals surface area contributed by atoms with Crippen molar-refractivity contribution >= 4 is 34.8 Å². The zero-order valence-corrected chi connectivity index (χ0v) is 15.7. The molecule has 3 aromatic rings. The molecule has 0 aliphatic heterocycles. The van der Waals surface area contributed by atoms with Gasteiger partial charge in [0.25, 0.3) is 5.91 Å². The molecule has 0 aliphatic rings. The Morgan fingerprint density at radius 3 is 2.54 bits per heavy atom. The molecule has 0 spiro atoms. The van der Waals surface area contributed by atoms with E-state index in [1.165, 1.54) is 18.2 Å². The lowest BCUT2D eigenvalue weighted by Crippen LogP contribution is -2.14. The highest BCUT2D eigenvalue weighted by Gasteiger charge is 2.21. The van der Waals surface area contributed by atoms with Crippen molar-refractivity contribution < 1.29 is 9.18 Å². The van der Waals surface area contributed by atoms with Gasteiger partial charge in [0.1, 0.15) is 11.0 Å². The third-order valence-electron chi connectivity index (χ3n) is 3.92. The van der Waals surface area contributed by atoms with Crippen LogP contribution >= 0.6 is 23.2 Å². The van der Waals surface area contributed by atoms with Crippen molar-refractivity contribution in [2.75, 3.05) is 5.32 Å². The molecule has 1 N–H and O–H groups in total. The van der Waals surface area contributed by atoms with Crippen LogP contribution in [0, 0.1) is 19.7 Å². The summed E-state index contributed by atoms with van der Waals surface area (Å²) >= 11 is 12.2. The Hall–Kier alpha value is -2.37. The Morgan fingerprint density at radius 1 is 1.15 bits per heavy atom. The second-order valence-electron chi connectivity index (χ2n) is 5.97. The molecule has 0 radical (unpaired) electrons. The lowest BCUT2D eigenvalue weighted by atomic mass is 10.1. The van der Waals surface area contributed by atoms with E-state index in [2.05, 4.69) is 10.4 Å². The van der Waals surface area contributed by atoms with Crippen LogP contribution < -0.4 is 5.32 Å². The van der Waals surface area contributed by atoms with Crippen LogP contribution in [0.5, 0.6) is 0 Å². The Balaban J connectivity index is 1.86. The van der Waals surface area contributed by atoms with Gasteiger partial charge in [0, 0.05) is 5.02 Å². The number of rotatable bonds is 4. The minimum absolute atomic E-state index is 0.00995. The lowest BCUT2D eigenvalue weighted by molar-refractivity contribution is 0.102. The molecule has 0 saturated carbocycles. The number of hydrogen-bond acceptors (Lipinski definition) is 2. The molecule has 4 nitrogen and oxygen atoms in total. The first-order valence-electron chi connectivity index (χ1n) is 7.90. The maximum atomic E-state index is 13.8. The number of anilines is 1. The highest BCUT2D eigenvalue weighted by molar-refractivity contribution is 6.34. The van der Waals surface area contributed by atoms with E-state index in [4.69, 9.17) is 23.2 Å². The summed E-state index contributed by atoms with van der Waals surface area (Å²) < 4.78 is 15.4. The van der Waals surface area contributed by atoms with Crippen LogP contribution in [0.15, 0.2) is 42.5 Å². The van der Waals surface area contributed by atoms with Crippen LogP contribution in [0.1, 0.15) is 27.2 Å². The molecule has 1 heterocycles. The van der Waals surface area contributed by atoms with Gasteiger partial charge in [-0.3, -0.25) is 4.79 Å². The Labute approximate surface area is 160 Å². The van der Waals surface area contributed by atoms with Gasteiger partial charge in [-0.15, -0.1) is 0 Å².